The lowest BCUT2D eigenvalue weighted by Gasteiger charge is -2.37. The lowest BCUT2D eigenvalue weighted by molar-refractivity contribution is -0.0543. The molecule has 1 aromatic heterocycles. The normalized spacial score (nSPS) is 30.4. The molecule has 0 saturated carbocycles. The molecule has 4 N–H and O–H groups in total. The molecule has 1 aliphatic heterocycles. The van der Waals surface area contributed by atoms with Gasteiger partial charge in [-0.1, -0.05) is 13.8 Å². The van der Waals surface area contributed by atoms with E-state index in [1.54, 1.807) is 20.8 Å². The maximum atomic E-state index is 14.2. The number of nitrogens with one attached hydrogen (secondary N) is 1. The minimum atomic E-state index is -4.44. The Balaban J connectivity index is 2.28. The number of rotatable bonds is 9. The first kappa shape index (κ1) is 25.1. The van der Waals surface area contributed by atoms with Crippen LogP contribution in [0.2, 0.25) is 0 Å². The average Bonchev–Trinajstić information content (AvgIpc) is 2.96. The van der Waals surface area contributed by atoms with Gasteiger partial charge in [0.25, 0.3) is 5.56 Å². The highest BCUT2D eigenvalue weighted by atomic mass is 31.2. The Morgan fingerprint density at radius 3 is 2.50 bits per heavy atom. The van der Waals surface area contributed by atoms with Gasteiger partial charge in [-0.3, -0.25) is 14.3 Å². The molecule has 0 bridgehead atoms. The Morgan fingerprint density at radius 2 is 2.00 bits per heavy atom. The van der Waals surface area contributed by atoms with Crippen LogP contribution in [0, 0.1) is 5.95 Å². The molecule has 0 aliphatic carbocycles. The van der Waals surface area contributed by atoms with E-state index in [1.807, 2.05) is 4.98 Å². The van der Waals surface area contributed by atoms with Crippen molar-refractivity contribution in [2.75, 3.05) is 7.11 Å². The number of aliphatic hydroxyl groups excluding tert-OH is 1. The SMILES string of the molecule is CCC(C)(C[C@H]1O[C@@H](c2ncc(=O)[nH]c2F)[C@@H](OC)C1O)OP(=O)(O)C(C)(O)CC. The first-order valence-electron chi connectivity index (χ1n) is 9.68. The monoisotopic (exact) mass is 452 g/mol. The van der Waals surface area contributed by atoms with Gasteiger partial charge in [-0.25, -0.2) is 4.98 Å². The van der Waals surface area contributed by atoms with Crippen LogP contribution in [0.15, 0.2) is 11.0 Å². The van der Waals surface area contributed by atoms with Crippen molar-refractivity contribution in [3.63, 3.8) is 0 Å². The Kier molecular flexibility index (Phi) is 7.62. The van der Waals surface area contributed by atoms with E-state index in [4.69, 9.17) is 14.0 Å². The third-order valence-electron chi connectivity index (χ3n) is 5.66. The van der Waals surface area contributed by atoms with Gasteiger partial charge in [0, 0.05) is 13.5 Å². The quantitative estimate of drug-likeness (QED) is 0.410. The molecule has 0 radical (unpaired) electrons. The van der Waals surface area contributed by atoms with Crippen molar-refractivity contribution >= 4 is 7.60 Å². The zero-order valence-electron chi connectivity index (χ0n) is 17.7. The predicted molar refractivity (Wildman–Crippen MR) is 104 cm³/mol. The summed E-state index contributed by atoms with van der Waals surface area (Å²) in [5, 5.41) is 19.0. The van der Waals surface area contributed by atoms with Gasteiger partial charge in [-0.15, -0.1) is 0 Å². The van der Waals surface area contributed by atoms with Gasteiger partial charge in [-0.05, 0) is 26.7 Å². The third-order valence-corrected chi connectivity index (χ3v) is 7.88. The van der Waals surface area contributed by atoms with Gasteiger partial charge in [0.15, 0.2) is 5.34 Å². The van der Waals surface area contributed by atoms with Crippen LogP contribution in [-0.2, 0) is 18.6 Å². The molecule has 1 saturated heterocycles. The summed E-state index contributed by atoms with van der Waals surface area (Å²) in [6.07, 6.45) is -3.20. The van der Waals surface area contributed by atoms with E-state index in [0.717, 1.165) is 6.20 Å². The summed E-state index contributed by atoms with van der Waals surface area (Å²) in [5.74, 6) is -1.00. The summed E-state index contributed by atoms with van der Waals surface area (Å²) >= 11 is 0. The Bertz CT molecular complexity index is 850. The van der Waals surface area contributed by atoms with E-state index in [-0.39, 0.29) is 25.0 Å². The van der Waals surface area contributed by atoms with Crippen LogP contribution in [0.1, 0.15) is 58.8 Å². The summed E-state index contributed by atoms with van der Waals surface area (Å²) in [6.45, 7) is 6.05. The van der Waals surface area contributed by atoms with E-state index < -0.39 is 54.5 Å². The fourth-order valence-corrected chi connectivity index (χ4v) is 4.64. The molecule has 172 valence electrons. The molecule has 0 spiro atoms. The topological polar surface area (TPSA) is 151 Å². The van der Waals surface area contributed by atoms with Crippen LogP contribution in [0.5, 0.6) is 0 Å². The maximum absolute atomic E-state index is 14.2. The zero-order chi connectivity index (χ0) is 22.9. The van der Waals surface area contributed by atoms with E-state index in [2.05, 4.69) is 4.98 Å². The van der Waals surface area contributed by atoms with Crippen LogP contribution in [0.3, 0.4) is 0 Å². The summed E-state index contributed by atoms with van der Waals surface area (Å²) in [7, 11) is -3.13. The minimum Gasteiger partial charge on any atom is -0.388 e. The van der Waals surface area contributed by atoms with Crippen LogP contribution >= 0.6 is 7.60 Å². The van der Waals surface area contributed by atoms with E-state index in [9.17, 15) is 28.9 Å². The highest BCUT2D eigenvalue weighted by Crippen LogP contribution is 2.59. The number of nitrogens with zero attached hydrogens (tertiary/aromatic N) is 1. The van der Waals surface area contributed by atoms with Gasteiger partial charge in [0.2, 0.25) is 5.95 Å². The molecule has 1 fully saturated rings. The Labute approximate surface area is 173 Å². The first-order chi connectivity index (χ1) is 13.8. The molecule has 30 heavy (non-hydrogen) atoms. The molecule has 0 aromatic carbocycles. The van der Waals surface area contributed by atoms with Gasteiger partial charge in [0.05, 0.1) is 17.9 Å². The molecule has 7 atom stereocenters. The maximum Gasteiger partial charge on any atom is 0.359 e. The molecule has 1 aromatic rings. The highest BCUT2D eigenvalue weighted by Gasteiger charge is 2.51. The lowest BCUT2D eigenvalue weighted by Crippen LogP contribution is -2.40. The van der Waals surface area contributed by atoms with Crippen molar-refractivity contribution in [2.45, 2.75) is 82.3 Å². The van der Waals surface area contributed by atoms with Crippen LogP contribution in [0.25, 0.3) is 0 Å². The summed E-state index contributed by atoms with van der Waals surface area (Å²) < 4.78 is 43.4. The fourth-order valence-electron chi connectivity index (χ4n) is 3.25. The highest BCUT2D eigenvalue weighted by molar-refractivity contribution is 7.54. The standard InChI is InChI=1S/C18H30FN2O8P/c1-6-17(3,29-30(25,26)18(4,24)7-2)8-10-13(23)15(27-5)14(28-10)12-16(19)21-11(22)9-20-12/h9-10,13-15,23-24H,6-8H2,1-5H3,(H,21,22)(H,25,26)/t10-,13?,14+,15+,17?,18?/m1/s1. The number of hydrogen-bond donors (Lipinski definition) is 4. The smallest absolute Gasteiger partial charge is 0.359 e. The molecular formula is C18H30FN2O8P. The number of ether oxygens (including phenoxy) is 2. The van der Waals surface area contributed by atoms with Gasteiger partial charge in [-0.2, -0.15) is 4.39 Å². The Morgan fingerprint density at radius 1 is 1.37 bits per heavy atom. The zero-order valence-corrected chi connectivity index (χ0v) is 18.6. The third kappa shape index (κ3) is 4.99. The van der Waals surface area contributed by atoms with E-state index in [1.165, 1.54) is 14.0 Å². The number of aromatic amines is 1. The van der Waals surface area contributed by atoms with Crippen molar-refractivity contribution in [3.05, 3.63) is 28.2 Å². The van der Waals surface area contributed by atoms with E-state index in [0.29, 0.717) is 0 Å². The first-order valence-corrected chi connectivity index (χ1v) is 11.3. The number of aliphatic hydroxyl groups is 2. The molecular weight excluding hydrogens is 422 g/mol. The fraction of sp³-hybridized carbons (Fsp3) is 0.778. The molecule has 10 nitrogen and oxygen atoms in total. The summed E-state index contributed by atoms with van der Waals surface area (Å²) in [5.41, 5.74) is -2.21. The van der Waals surface area contributed by atoms with Crippen LogP contribution in [0.4, 0.5) is 4.39 Å². The number of hydrogen-bond acceptors (Lipinski definition) is 8. The molecule has 12 heteroatoms. The molecule has 1 aliphatic rings. The molecule has 2 rings (SSSR count). The van der Waals surface area contributed by atoms with Crippen molar-refractivity contribution in [3.8, 4) is 0 Å². The molecule has 0 amide bonds. The summed E-state index contributed by atoms with van der Waals surface area (Å²) in [4.78, 5) is 27.3. The predicted octanol–water partition coefficient (Wildman–Crippen LogP) is 1.60. The van der Waals surface area contributed by atoms with Crippen LogP contribution < -0.4 is 5.56 Å². The average molecular weight is 452 g/mol. The van der Waals surface area contributed by atoms with Crippen LogP contribution in [-0.4, -0.2) is 61.4 Å². The lowest BCUT2D eigenvalue weighted by atomic mass is 9.92. The number of H-pyrrole nitrogens is 1. The second kappa shape index (κ2) is 9.12. The van der Waals surface area contributed by atoms with Crippen molar-refractivity contribution in [2.24, 2.45) is 0 Å². The van der Waals surface area contributed by atoms with Crippen molar-refractivity contribution < 1.29 is 38.1 Å². The largest absolute Gasteiger partial charge is 0.388 e. The number of halogens is 1. The van der Waals surface area contributed by atoms with E-state index >= 15 is 0 Å². The summed E-state index contributed by atoms with van der Waals surface area (Å²) in [6, 6.07) is 0. The minimum absolute atomic E-state index is 0.00585. The second-order valence-corrected chi connectivity index (χ2v) is 10.1. The van der Waals surface area contributed by atoms with Gasteiger partial charge < -0.3 is 29.1 Å². The van der Waals surface area contributed by atoms with Crippen molar-refractivity contribution in [1.29, 1.82) is 0 Å². The Hall–Kier alpha value is -1.20. The van der Waals surface area contributed by atoms with Crippen molar-refractivity contribution in [1.82, 2.24) is 9.97 Å². The molecule has 2 heterocycles. The number of methoxy groups -OCH3 is 1. The van der Waals surface area contributed by atoms with Gasteiger partial charge in [0.1, 0.15) is 24.0 Å². The van der Waals surface area contributed by atoms with Gasteiger partial charge >= 0.3 is 7.60 Å². The number of aromatic nitrogens is 2. The molecule has 4 unspecified atom stereocenters. The second-order valence-electron chi connectivity index (χ2n) is 7.92.